The molecule has 0 radical (unpaired) electrons. The van der Waals surface area contributed by atoms with Crippen LogP contribution in [0.5, 0.6) is 11.5 Å². The predicted octanol–water partition coefficient (Wildman–Crippen LogP) is 7.89. The van der Waals surface area contributed by atoms with Gasteiger partial charge in [-0.2, -0.15) is 0 Å². The van der Waals surface area contributed by atoms with Gasteiger partial charge in [-0.3, -0.25) is 0 Å². The highest BCUT2D eigenvalue weighted by Gasteiger charge is 2.13. The molecule has 29 heavy (non-hydrogen) atoms. The van der Waals surface area contributed by atoms with Gasteiger partial charge in [0, 0.05) is 16.6 Å². The Morgan fingerprint density at radius 1 is 0.793 bits per heavy atom. The number of ether oxygens (including phenoxy) is 2. The Balaban J connectivity index is 1.77. The molecule has 0 saturated heterocycles. The summed E-state index contributed by atoms with van der Waals surface area (Å²) in [6, 6.07) is 16.5. The summed E-state index contributed by atoms with van der Waals surface area (Å²) in [6.45, 7) is 3.22. The maximum atomic E-state index is 6.50. The van der Waals surface area contributed by atoms with Crippen LogP contribution in [0.15, 0.2) is 54.6 Å². The summed E-state index contributed by atoms with van der Waals surface area (Å²) < 4.78 is 11.7. The Morgan fingerprint density at radius 3 is 2.34 bits per heavy atom. The van der Waals surface area contributed by atoms with Crippen molar-refractivity contribution in [1.82, 2.24) is 0 Å². The molecule has 3 aromatic rings. The van der Waals surface area contributed by atoms with Crippen LogP contribution in [0.3, 0.4) is 0 Å². The molecule has 0 spiro atoms. The van der Waals surface area contributed by atoms with E-state index in [-0.39, 0.29) is 0 Å². The van der Waals surface area contributed by atoms with E-state index < -0.39 is 0 Å². The van der Waals surface area contributed by atoms with E-state index in [2.05, 4.69) is 5.32 Å². The lowest BCUT2D eigenvalue weighted by Gasteiger charge is -2.16. The van der Waals surface area contributed by atoms with Gasteiger partial charge < -0.3 is 14.8 Å². The minimum Gasteiger partial charge on any atom is -0.490 e. The predicted molar refractivity (Wildman–Crippen MR) is 122 cm³/mol. The Morgan fingerprint density at radius 2 is 1.59 bits per heavy atom. The summed E-state index contributed by atoms with van der Waals surface area (Å²) >= 11 is 24.8. The molecular formula is C22H19Cl4NO2. The number of hydrogen-bond donors (Lipinski definition) is 1. The van der Waals surface area contributed by atoms with Gasteiger partial charge in [-0.05, 0) is 60.5 Å². The van der Waals surface area contributed by atoms with Crippen LogP contribution in [-0.4, -0.2) is 6.61 Å². The zero-order valence-electron chi connectivity index (χ0n) is 15.6. The molecular weight excluding hydrogens is 452 g/mol. The molecule has 3 nitrogen and oxygen atoms in total. The summed E-state index contributed by atoms with van der Waals surface area (Å²) in [6.07, 6.45) is 0. The summed E-state index contributed by atoms with van der Waals surface area (Å²) in [5.74, 6) is 1.08. The van der Waals surface area contributed by atoms with Crippen LogP contribution in [0, 0.1) is 0 Å². The maximum absolute atomic E-state index is 6.50. The molecule has 0 fully saturated rings. The second-order valence-electron chi connectivity index (χ2n) is 6.23. The smallest absolute Gasteiger partial charge is 0.180 e. The molecule has 0 bridgehead atoms. The van der Waals surface area contributed by atoms with E-state index in [0.717, 1.165) is 16.8 Å². The largest absolute Gasteiger partial charge is 0.490 e. The van der Waals surface area contributed by atoms with Crippen LogP contribution in [-0.2, 0) is 13.2 Å². The SMILES string of the molecule is CCOc1cc(CNc2cc(Cl)ccc2Cl)cc(Cl)c1OCc1cccc(Cl)c1. The van der Waals surface area contributed by atoms with Crippen molar-refractivity contribution < 1.29 is 9.47 Å². The first-order valence-electron chi connectivity index (χ1n) is 8.97. The minimum absolute atomic E-state index is 0.329. The van der Waals surface area contributed by atoms with Gasteiger partial charge >= 0.3 is 0 Å². The number of rotatable bonds is 8. The zero-order valence-corrected chi connectivity index (χ0v) is 18.7. The van der Waals surface area contributed by atoms with Gasteiger partial charge in [0.25, 0.3) is 0 Å². The second-order valence-corrected chi connectivity index (χ2v) is 7.92. The second kappa shape index (κ2) is 10.3. The Bertz CT molecular complexity index is 995. The van der Waals surface area contributed by atoms with Gasteiger partial charge in [0.15, 0.2) is 11.5 Å². The lowest BCUT2D eigenvalue weighted by Crippen LogP contribution is -2.04. The van der Waals surface area contributed by atoms with Crippen LogP contribution < -0.4 is 14.8 Å². The van der Waals surface area contributed by atoms with E-state index in [1.807, 2.05) is 43.3 Å². The summed E-state index contributed by atoms with van der Waals surface area (Å²) in [5, 5.41) is 5.58. The van der Waals surface area contributed by atoms with Crippen molar-refractivity contribution in [2.45, 2.75) is 20.1 Å². The van der Waals surface area contributed by atoms with E-state index in [9.17, 15) is 0 Å². The van der Waals surface area contributed by atoms with E-state index in [1.165, 1.54) is 0 Å². The van der Waals surface area contributed by atoms with Gasteiger partial charge in [-0.25, -0.2) is 0 Å². The van der Waals surface area contributed by atoms with Crippen molar-refractivity contribution in [2.24, 2.45) is 0 Å². The average Bonchev–Trinajstić information content (AvgIpc) is 2.68. The minimum atomic E-state index is 0.329. The van der Waals surface area contributed by atoms with Crippen molar-refractivity contribution >= 4 is 52.1 Å². The fourth-order valence-corrected chi connectivity index (χ4v) is 3.60. The lowest BCUT2D eigenvalue weighted by molar-refractivity contribution is 0.269. The Labute approximate surface area is 190 Å². The van der Waals surface area contributed by atoms with Crippen LogP contribution in [0.4, 0.5) is 5.69 Å². The zero-order chi connectivity index (χ0) is 20.8. The van der Waals surface area contributed by atoms with Crippen molar-refractivity contribution in [2.75, 3.05) is 11.9 Å². The van der Waals surface area contributed by atoms with Crippen molar-refractivity contribution in [3.63, 3.8) is 0 Å². The molecule has 3 aromatic carbocycles. The number of anilines is 1. The monoisotopic (exact) mass is 469 g/mol. The standard InChI is InChI=1S/C22H19Cl4NO2/c1-2-28-21-10-15(12-27-20-11-17(24)6-7-18(20)25)9-19(26)22(21)29-13-14-4-3-5-16(23)8-14/h3-11,27H,2,12-13H2,1H3. The van der Waals surface area contributed by atoms with E-state index >= 15 is 0 Å². The van der Waals surface area contributed by atoms with Crippen molar-refractivity contribution in [3.8, 4) is 11.5 Å². The molecule has 0 aliphatic carbocycles. The molecule has 0 atom stereocenters. The van der Waals surface area contributed by atoms with E-state index in [4.69, 9.17) is 55.9 Å². The first-order valence-corrected chi connectivity index (χ1v) is 10.5. The molecule has 0 heterocycles. The topological polar surface area (TPSA) is 30.5 Å². The Hall–Kier alpha value is -1.78. The van der Waals surface area contributed by atoms with Crippen LogP contribution in [0.1, 0.15) is 18.1 Å². The quantitative estimate of drug-likeness (QED) is 0.363. The third-order valence-electron chi connectivity index (χ3n) is 4.05. The first-order chi connectivity index (χ1) is 14.0. The van der Waals surface area contributed by atoms with Crippen LogP contribution >= 0.6 is 46.4 Å². The molecule has 1 N–H and O–H groups in total. The third kappa shape index (κ3) is 6.10. The van der Waals surface area contributed by atoms with Gasteiger partial charge in [-0.1, -0.05) is 58.5 Å². The van der Waals surface area contributed by atoms with Gasteiger partial charge in [0.05, 0.1) is 22.3 Å². The molecule has 0 aliphatic rings. The van der Waals surface area contributed by atoms with Crippen molar-refractivity contribution in [1.29, 1.82) is 0 Å². The maximum Gasteiger partial charge on any atom is 0.180 e. The van der Waals surface area contributed by atoms with Crippen LogP contribution in [0.25, 0.3) is 0 Å². The molecule has 152 valence electrons. The molecule has 0 aliphatic heterocycles. The number of hydrogen-bond acceptors (Lipinski definition) is 3. The van der Waals surface area contributed by atoms with Gasteiger partial charge in [0.1, 0.15) is 6.61 Å². The number of nitrogens with one attached hydrogen (secondary N) is 1. The fourth-order valence-electron chi connectivity index (χ4n) is 2.74. The highest BCUT2D eigenvalue weighted by atomic mass is 35.5. The van der Waals surface area contributed by atoms with Gasteiger partial charge in [0.2, 0.25) is 0 Å². The summed E-state index contributed by atoms with van der Waals surface area (Å²) in [5.41, 5.74) is 2.61. The van der Waals surface area contributed by atoms with E-state index in [1.54, 1.807) is 18.2 Å². The highest BCUT2D eigenvalue weighted by molar-refractivity contribution is 6.35. The molecule has 0 amide bonds. The molecule has 0 saturated carbocycles. The normalized spacial score (nSPS) is 10.7. The first kappa shape index (κ1) is 21.9. The molecule has 0 aromatic heterocycles. The van der Waals surface area contributed by atoms with Crippen LogP contribution in [0.2, 0.25) is 20.1 Å². The number of benzene rings is 3. The molecule has 7 heteroatoms. The van der Waals surface area contributed by atoms with Gasteiger partial charge in [-0.15, -0.1) is 0 Å². The lowest BCUT2D eigenvalue weighted by atomic mass is 10.2. The fraction of sp³-hybridized carbons (Fsp3) is 0.182. The average molecular weight is 471 g/mol. The highest BCUT2D eigenvalue weighted by Crippen LogP contribution is 2.38. The Kier molecular flexibility index (Phi) is 7.79. The van der Waals surface area contributed by atoms with Crippen molar-refractivity contribution in [3.05, 3.63) is 85.8 Å². The number of halogens is 4. The van der Waals surface area contributed by atoms with E-state index in [0.29, 0.717) is 51.3 Å². The summed E-state index contributed by atoms with van der Waals surface area (Å²) in [4.78, 5) is 0. The summed E-state index contributed by atoms with van der Waals surface area (Å²) in [7, 11) is 0. The third-order valence-corrected chi connectivity index (χ3v) is 5.13. The molecule has 3 rings (SSSR count). The molecule has 0 unspecified atom stereocenters.